The van der Waals surface area contributed by atoms with Crippen LogP contribution in [0.25, 0.3) is 0 Å². The molecule has 0 radical (unpaired) electrons. The molecule has 3 nitrogen and oxygen atoms in total. The van der Waals surface area contributed by atoms with Crippen molar-refractivity contribution in [1.82, 2.24) is 0 Å². The summed E-state index contributed by atoms with van der Waals surface area (Å²) in [6.07, 6.45) is 3.09. The second-order valence-corrected chi connectivity index (χ2v) is 5.06. The van der Waals surface area contributed by atoms with E-state index in [4.69, 9.17) is 4.74 Å². The molecule has 21 heavy (non-hydrogen) atoms. The third-order valence-corrected chi connectivity index (χ3v) is 3.23. The van der Waals surface area contributed by atoms with Crippen molar-refractivity contribution < 1.29 is 14.6 Å². The van der Waals surface area contributed by atoms with Gasteiger partial charge in [0.2, 0.25) is 0 Å². The van der Waals surface area contributed by atoms with Crippen LogP contribution < -0.4 is 4.74 Å². The van der Waals surface area contributed by atoms with Crippen LogP contribution in [-0.4, -0.2) is 11.1 Å². The number of ether oxygens (including phenoxy) is 1. The van der Waals surface area contributed by atoms with Crippen LogP contribution in [0.2, 0.25) is 0 Å². The first-order valence-electron chi connectivity index (χ1n) is 7.25. The maximum Gasteiger partial charge on any atom is 0.311 e. The number of hydrogen-bond donors (Lipinski definition) is 1. The molecule has 0 saturated carbocycles. The zero-order valence-electron chi connectivity index (χ0n) is 12.2. The Kier molecular flexibility index (Phi) is 5.38. The van der Waals surface area contributed by atoms with Crippen molar-refractivity contribution in [3.05, 3.63) is 59.7 Å². The number of esters is 1. The predicted molar refractivity (Wildman–Crippen MR) is 82.5 cm³/mol. The van der Waals surface area contributed by atoms with Crippen molar-refractivity contribution in [3.63, 3.8) is 0 Å². The van der Waals surface area contributed by atoms with Gasteiger partial charge in [0.1, 0.15) is 11.5 Å². The van der Waals surface area contributed by atoms with Gasteiger partial charge in [-0.05, 0) is 48.2 Å². The van der Waals surface area contributed by atoms with Crippen molar-refractivity contribution in [2.75, 3.05) is 0 Å². The van der Waals surface area contributed by atoms with E-state index in [0.717, 1.165) is 30.4 Å². The smallest absolute Gasteiger partial charge is 0.311 e. The number of rotatable bonds is 6. The monoisotopic (exact) mass is 284 g/mol. The Balaban J connectivity index is 1.92. The summed E-state index contributed by atoms with van der Waals surface area (Å²) < 4.78 is 5.27. The third kappa shape index (κ3) is 4.95. The largest absolute Gasteiger partial charge is 0.508 e. The number of carbonyl (C=O) groups is 1. The molecule has 2 aromatic carbocycles. The molecular weight excluding hydrogens is 264 g/mol. The second kappa shape index (κ2) is 7.48. The zero-order valence-corrected chi connectivity index (χ0v) is 12.2. The lowest BCUT2D eigenvalue weighted by molar-refractivity contribution is -0.134. The average Bonchev–Trinajstić information content (AvgIpc) is 2.49. The summed E-state index contributed by atoms with van der Waals surface area (Å²) in [5.41, 5.74) is 2.26. The van der Waals surface area contributed by atoms with Crippen LogP contribution in [0.5, 0.6) is 11.5 Å². The summed E-state index contributed by atoms with van der Waals surface area (Å²) >= 11 is 0. The highest BCUT2D eigenvalue weighted by Gasteiger charge is 2.04. The van der Waals surface area contributed by atoms with E-state index in [1.54, 1.807) is 12.1 Å². The third-order valence-electron chi connectivity index (χ3n) is 3.23. The first kappa shape index (κ1) is 15.1. The molecule has 3 heteroatoms. The van der Waals surface area contributed by atoms with Gasteiger partial charge in [0.05, 0.1) is 0 Å². The molecule has 110 valence electrons. The maximum atomic E-state index is 11.5. The van der Waals surface area contributed by atoms with Crippen LogP contribution in [0.15, 0.2) is 48.5 Å². The SMILES string of the molecule is CCCCC(=O)Oc1ccc(Cc2ccc(O)cc2)cc1. The molecule has 0 heterocycles. The minimum atomic E-state index is -0.178. The second-order valence-electron chi connectivity index (χ2n) is 5.06. The molecule has 0 aliphatic carbocycles. The first-order valence-corrected chi connectivity index (χ1v) is 7.25. The normalized spacial score (nSPS) is 10.3. The maximum absolute atomic E-state index is 11.5. The van der Waals surface area contributed by atoms with Crippen LogP contribution >= 0.6 is 0 Å². The van der Waals surface area contributed by atoms with Gasteiger partial charge in [0, 0.05) is 6.42 Å². The van der Waals surface area contributed by atoms with Crippen LogP contribution in [-0.2, 0) is 11.2 Å². The molecule has 1 N–H and O–H groups in total. The van der Waals surface area contributed by atoms with E-state index in [2.05, 4.69) is 0 Å². The summed E-state index contributed by atoms with van der Waals surface area (Å²) in [5.74, 6) is 0.682. The van der Waals surface area contributed by atoms with E-state index < -0.39 is 0 Å². The molecule has 0 aliphatic heterocycles. The molecule has 0 spiro atoms. The molecule has 2 rings (SSSR count). The van der Waals surface area contributed by atoms with Crippen molar-refractivity contribution in [1.29, 1.82) is 0 Å². The van der Waals surface area contributed by atoms with Gasteiger partial charge in [0.15, 0.2) is 0 Å². The Morgan fingerprint density at radius 3 is 2.14 bits per heavy atom. The van der Waals surface area contributed by atoms with Crippen LogP contribution in [0, 0.1) is 0 Å². The fourth-order valence-corrected chi connectivity index (χ4v) is 2.03. The molecule has 2 aromatic rings. The molecule has 0 aromatic heterocycles. The fourth-order valence-electron chi connectivity index (χ4n) is 2.03. The van der Waals surface area contributed by atoms with E-state index in [1.165, 1.54) is 0 Å². The topological polar surface area (TPSA) is 46.5 Å². The zero-order chi connectivity index (χ0) is 15.1. The minimum Gasteiger partial charge on any atom is -0.508 e. The molecular formula is C18H20O3. The van der Waals surface area contributed by atoms with Gasteiger partial charge in [-0.2, -0.15) is 0 Å². The quantitative estimate of drug-likeness (QED) is 0.642. The lowest BCUT2D eigenvalue weighted by atomic mass is 10.0. The Labute approximate surface area is 125 Å². The highest BCUT2D eigenvalue weighted by molar-refractivity contribution is 5.72. The lowest BCUT2D eigenvalue weighted by Crippen LogP contribution is -2.07. The van der Waals surface area contributed by atoms with Crippen LogP contribution in [0.3, 0.4) is 0 Å². The highest BCUT2D eigenvalue weighted by Crippen LogP contribution is 2.17. The molecule has 0 saturated heterocycles. The summed E-state index contributed by atoms with van der Waals surface area (Å²) in [5, 5.41) is 9.26. The highest BCUT2D eigenvalue weighted by atomic mass is 16.5. The van der Waals surface area contributed by atoms with Gasteiger partial charge >= 0.3 is 5.97 Å². The van der Waals surface area contributed by atoms with Crippen molar-refractivity contribution in [2.45, 2.75) is 32.6 Å². The van der Waals surface area contributed by atoms with Crippen molar-refractivity contribution in [2.24, 2.45) is 0 Å². The number of hydrogen-bond acceptors (Lipinski definition) is 3. The Bertz CT molecular complexity index is 570. The standard InChI is InChI=1S/C18H20O3/c1-2-3-4-18(20)21-17-11-7-15(8-12-17)13-14-5-9-16(19)10-6-14/h5-12,19H,2-4,13H2,1H3. The molecule has 0 fully saturated rings. The van der Waals surface area contributed by atoms with E-state index in [0.29, 0.717) is 12.2 Å². The fraction of sp³-hybridized carbons (Fsp3) is 0.278. The Morgan fingerprint density at radius 2 is 1.57 bits per heavy atom. The number of phenols is 1. The summed E-state index contributed by atoms with van der Waals surface area (Å²) in [6.45, 7) is 2.05. The molecule has 0 unspecified atom stereocenters. The number of phenolic OH excluding ortho intramolecular Hbond substituents is 1. The van der Waals surface area contributed by atoms with E-state index in [1.807, 2.05) is 43.3 Å². The Hall–Kier alpha value is -2.29. The lowest BCUT2D eigenvalue weighted by Gasteiger charge is -2.06. The van der Waals surface area contributed by atoms with Crippen LogP contribution in [0.1, 0.15) is 37.3 Å². The van der Waals surface area contributed by atoms with Crippen molar-refractivity contribution in [3.8, 4) is 11.5 Å². The van der Waals surface area contributed by atoms with Crippen LogP contribution in [0.4, 0.5) is 0 Å². The van der Waals surface area contributed by atoms with Gasteiger partial charge < -0.3 is 9.84 Å². The first-order chi connectivity index (χ1) is 10.2. The number of benzene rings is 2. The van der Waals surface area contributed by atoms with Gasteiger partial charge in [-0.3, -0.25) is 4.79 Å². The number of carbonyl (C=O) groups excluding carboxylic acids is 1. The van der Waals surface area contributed by atoms with E-state index in [-0.39, 0.29) is 11.7 Å². The van der Waals surface area contributed by atoms with Gasteiger partial charge in [-0.25, -0.2) is 0 Å². The van der Waals surface area contributed by atoms with Gasteiger partial charge in [-0.15, -0.1) is 0 Å². The van der Waals surface area contributed by atoms with Crippen molar-refractivity contribution >= 4 is 5.97 Å². The summed E-state index contributed by atoms with van der Waals surface area (Å²) in [4.78, 5) is 11.5. The number of unbranched alkanes of at least 4 members (excludes halogenated alkanes) is 1. The average molecular weight is 284 g/mol. The van der Waals surface area contributed by atoms with Gasteiger partial charge in [-0.1, -0.05) is 37.6 Å². The molecule has 0 bridgehead atoms. The summed E-state index contributed by atoms with van der Waals surface area (Å²) in [6, 6.07) is 14.7. The molecule has 0 aliphatic rings. The summed E-state index contributed by atoms with van der Waals surface area (Å²) in [7, 11) is 0. The van der Waals surface area contributed by atoms with E-state index in [9.17, 15) is 9.90 Å². The molecule has 0 atom stereocenters. The predicted octanol–water partition coefficient (Wildman–Crippen LogP) is 4.08. The Morgan fingerprint density at radius 1 is 1.00 bits per heavy atom. The van der Waals surface area contributed by atoms with E-state index >= 15 is 0 Å². The number of aromatic hydroxyl groups is 1. The van der Waals surface area contributed by atoms with Gasteiger partial charge in [0.25, 0.3) is 0 Å². The minimum absolute atomic E-state index is 0.178. The molecule has 0 amide bonds.